The van der Waals surface area contributed by atoms with E-state index in [1.807, 2.05) is 0 Å². The summed E-state index contributed by atoms with van der Waals surface area (Å²) in [4.78, 5) is 3.93. The molecule has 1 aromatic heterocycles. The average molecular weight is 399 g/mol. The van der Waals surface area contributed by atoms with Crippen molar-refractivity contribution in [1.82, 2.24) is 4.98 Å². The lowest BCUT2D eigenvalue weighted by Gasteiger charge is -2.05. The predicted molar refractivity (Wildman–Crippen MR) is 91.7 cm³/mol. The predicted octanol–water partition coefficient (Wildman–Crippen LogP) is 3.66. The van der Waals surface area contributed by atoms with E-state index in [0.29, 0.717) is 5.56 Å². The Balaban J connectivity index is 2.16. The average Bonchev–Trinajstić information content (AvgIpc) is 3.02. The van der Waals surface area contributed by atoms with E-state index in [1.165, 1.54) is 24.5 Å². The van der Waals surface area contributed by atoms with E-state index in [1.54, 1.807) is 6.07 Å². The zero-order chi connectivity index (χ0) is 18.2. The summed E-state index contributed by atoms with van der Waals surface area (Å²) in [6, 6.07) is 9.82. The van der Waals surface area contributed by atoms with Crippen LogP contribution in [0.1, 0.15) is 0 Å². The van der Waals surface area contributed by atoms with Crippen LogP contribution in [0.15, 0.2) is 62.7 Å². The molecule has 0 aliphatic rings. The van der Waals surface area contributed by atoms with Gasteiger partial charge in [-0.25, -0.2) is 22.2 Å². The molecular weight excluding hydrogens is 388 g/mol. The molecule has 0 fully saturated rings. The number of sulfone groups is 1. The summed E-state index contributed by atoms with van der Waals surface area (Å²) in [6.07, 6.45) is 1.34. The molecule has 1 unspecified atom stereocenters. The molecule has 1 atom stereocenters. The molecule has 2 aromatic carbocycles. The van der Waals surface area contributed by atoms with E-state index in [4.69, 9.17) is 0 Å². The third-order valence-electron chi connectivity index (χ3n) is 3.28. The van der Waals surface area contributed by atoms with Gasteiger partial charge in [0.15, 0.2) is 0 Å². The maximum atomic E-state index is 13.4. The van der Waals surface area contributed by atoms with E-state index < -0.39 is 32.6 Å². The first-order valence-electron chi connectivity index (χ1n) is 6.90. The summed E-state index contributed by atoms with van der Waals surface area (Å²) >= 11 is -0.691. The number of hydrogen-bond donors (Lipinski definition) is 0. The fourth-order valence-corrected chi connectivity index (χ4v) is 6.14. The zero-order valence-electron chi connectivity index (χ0n) is 12.8. The normalized spacial score (nSPS) is 13.0. The Morgan fingerprint density at radius 1 is 1.08 bits per heavy atom. The van der Waals surface area contributed by atoms with Crippen LogP contribution >= 0.6 is 11.3 Å². The van der Waals surface area contributed by atoms with Crippen LogP contribution in [0.5, 0.6) is 0 Å². The van der Waals surface area contributed by atoms with Gasteiger partial charge in [-0.2, -0.15) is 0 Å². The van der Waals surface area contributed by atoms with Gasteiger partial charge in [0.2, 0.25) is 19.1 Å². The Bertz CT molecular complexity index is 1020. The Morgan fingerprint density at radius 2 is 1.76 bits per heavy atom. The Morgan fingerprint density at radius 3 is 2.36 bits per heavy atom. The van der Waals surface area contributed by atoms with Crippen molar-refractivity contribution in [3.05, 3.63) is 60.2 Å². The standard InChI is InChI=1S/C16H11F2NO3S3/c1-24(20)16-15(25(21,22)13-7-5-11(17)6-8-13)19-14(23-16)10-3-2-4-12(18)9-10/h2-9H,1H3. The largest absolute Gasteiger partial charge is 0.611 e. The molecule has 130 valence electrons. The van der Waals surface area contributed by atoms with Crippen LogP contribution in [-0.4, -0.2) is 24.2 Å². The molecule has 0 saturated carbocycles. The maximum absolute atomic E-state index is 13.4. The molecule has 0 saturated heterocycles. The number of rotatable bonds is 4. The van der Waals surface area contributed by atoms with Crippen LogP contribution in [0, 0.1) is 11.6 Å². The molecule has 0 N–H and O–H groups in total. The highest BCUT2D eigenvalue weighted by Gasteiger charge is 2.32. The first-order chi connectivity index (χ1) is 11.8. The van der Waals surface area contributed by atoms with Crippen LogP contribution in [0.25, 0.3) is 10.6 Å². The second kappa shape index (κ2) is 6.83. The van der Waals surface area contributed by atoms with Crippen LogP contribution in [-0.2, 0) is 21.0 Å². The van der Waals surface area contributed by atoms with E-state index in [-0.39, 0.29) is 19.1 Å². The van der Waals surface area contributed by atoms with Crippen LogP contribution in [0.4, 0.5) is 8.78 Å². The molecule has 3 rings (SSSR count). The molecule has 25 heavy (non-hydrogen) atoms. The van der Waals surface area contributed by atoms with Crippen molar-refractivity contribution < 1.29 is 21.8 Å². The molecule has 1 heterocycles. The van der Waals surface area contributed by atoms with Crippen molar-refractivity contribution in [2.45, 2.75) is 14.1 Å². The maximum Gasteiger partial charge on any atom is 0.246 e. The summed E-state index contributed by atoms with van der Waals surface area (Å²) in [6.45, 7) is 0. The van der Waals surface area contributed by atoms with Gasteiger partial charge in [-0.15, -0.1) is 0 Å². The number of aromatic nitrogens is 1. The van der Waals surface area contributed by atoms with Crippen molar-refractivity contribution in [3.63, 3.8) is 0 Å². The van der Waals surface area contributed by atoms with Crippen molar-refractivity contribution in [3.8, 4) is 10.6 Å². The van der Waals surface area contributed by atoms with Crippen molar-refractivity contribution in [2.75, 3.05) is 6.26 Å². The van der Waals surface area contributed by atoms with E-state index in [0.717, 1.165) is 35.6 Å². The molecule has 0 aliphatic carbocycles. The fourth-order valence-electron chi connectivity index (χ4n) is 2.11. The van der Waals surface area contributed by atoms with Gasteiger partial charge >= 0.3 is 0 Å². The minimum absolute atomic E-state index is 0.0589. The molecule has 3 aromatic rings. The lowest BCUT2D eigenvalue weighted by atomic mass is 10.2. The lowest BCUT2D eigenvalue weighted by Crippen LogP contribution is -2.08. The second-order valence-electron chi connectivity index (χ2n) is 5.03. The number of thiazole rings is 1. The SMILES string of the molecule is C[S+]([O-])c1sc(-c2cccc(F)c2)nc1S(=O)(=O)c1ccc(F)cc1. The second-order valence-corrected chi connectivity index (χ2v) is 9.47. The summed E-state index contributed by atoms with van der Waals surface area (Å²) < 4.78 is 64.1. The first-order valence-corrected chi connectivity index (χ1v) is 10.8. The summed E-state index contributed by atoms with van der Waals surface area (Å²) in [7, 11) is -4.08. The van der Waals surface area contributed by atoms with Crippen molar-refractivity contribution in [1.29, 1.82) is 0 Å². The summed E-state index contributed by atoms with van der Waals surface area (Å²) in [5.74, 6) is -1.06. The monoisotopic (exact) mass is 399 g/mol. The van der Waals surface area contributed by atoms with Gasteiger partial charge in [-0.1, -0.05) is 23.5 Å². The number of halogens is 2. The third-order valence-corrected chi connectivity index (χ3v) is 7.80. The molecule has 0 bridgehead atoms. The number of nitrogens with zero attached hydrogens (tertiary/aromatic N) is 1. The molecular formula is C16H11F2NO3S3. The Hall–Kier alpha value is -1.81. The molecule has 0 aliphatic heterocycles. The van der Waals surface area contributed by atoms with Gasteiger partial charge in [0.1, 0.15) is 22.9 Å². The molecule has 4 nitrogen and oxygen atoms in total. The topological polar surface area (TPSA) is 70.1 Å². The smallest absolute Gasteiger partial charge is 0.246 e. The summed E-state index contributed by atoms with van der Waals surface area (Å²) in [5, 5.41) is -0.116. The Kier molecular flexibility index (Phi) is 4.92. The quantitative estimate of drug-likeness (QED) is 0.496. The van der Waals surface area contributed by atoms with E-state index >= 15 is 0 Å². The minimum Gasteiger partial charge on any atom is -0.611 e. The molecule has 0 amide bonds. The van der Waals surface area contributed by atoms with Crippen LogP contribution in [0.3, 0.4) is 0 Å². The van der Waals surface area contributed by atoms with Gasteiger partial charge in [0.25, 0.3) is 0 Å². The third kappa shape index (κ3) is 3.59. The fraction of sp³-hybridized carbons (Fsp3) is 0.0625. The highest BCUT2D eigenvalue weighted by Crippen LogP contribution is 2.36. The molecule has 0 radical (unpaired) electrons. The van der Waals surface area contributed by atoms with Crippen LogP contribution in [0.2, 0.25) is 0 Å². The molecule has 9 heteroatoms. The highest BCUT2D eigenvalue weighted by atomic mass is 32.2. The minimum atomic E-state index is -4.08. The van der Waals surface area contributed by atoms with E-state index in [9.17, 15) is 21.8 Å². The van der Waals surface area contributed by atoms with Gasteiger partial charge in [0, 0.05) is 5.56 Å². The van der Waals surface area contributed by atoms with Crippen LogP contribution < -0.4 is 0 Å². The van der Waals surface area contributed by atoms with Crippen molar-refractivity contribution in [2.24, 2.45) is 0 Å². The summed E-state index contributed by atoms with van der Waals surface area (Å²) in [5.41, 5.74) is 0.386. The van der Waals surface area contributed by atoms with Crippen molar-refractivity contribution >= 4 is 32.3 Å². The Labute approximate surface area is 150 Å². The first kappa shape index (κ1) is 18.0. The number of hydrogen-bond acceptors (Lipinski definition) is 5. The molecule has 0 spiro atoms. The van der Waals surface area contributed by atoms with Gasteiger partial charge in [-0.3, -0.25) is 0 Å². The number of benzene rings is 2. The lowest BCUT2D eigenvalue weighted by molar-refractivity contribution is 0.583. The zero-order valence-corrected chi connectivity index (χ0v) is 15.2. The van der Waals surface area contributed by atoms with Gasteiger partial charge < -0.3 is 4.55 Å². The van der Waals surface area contributed by atoms with E-state index in [2.05, 4.69) is 4.98 Å². The van der Waals surface area contributed by atoms with Gasteiger partial charge in [0.05, 0.1) is 4.90 Å². The highest BCUT2D eigenvalue weighted by molar-refractivity contribution is 7.95. The van der Waals surface area contributed by atoms with Gasteiger partial charge in [-0.05, 0) is 47.6 Å².